The third kappa shape index (κ3) is 4.99. The van der Waals surface area contributed by atoms with Crippen LogP contribution in [0.2, 0.25) is 0 Å². The van der Waals surface area contributed by atoms with E-state index in [1.165, 1.54) is 10.9 Å². The van der Waals surface area contributed by atoms with Crippen molar-refractivity contribution in [2.24, 2.45) is 0 Å². The molecule has 1 amide bonds. The molecule has 0 aliphatic carbocycles. The van der Waals surface area contributed by atoms with Crippen LogP contribution in [0.15, 0.2) is 72.9 Å². The van der Waals surface area contributed by atoms with Gasteiger partial charge in [-0.15, -0.1) is 10.2 Å². The second-order valence-corrected chi connectivity index (χ2v) is 6.87. The fourth-order valence-electron chi connectivity index (χ4n) is 3.26. The molecule has 0 radical (unpaired) electrons. The van der Waals surface area contributed by atoms with E-state index in [-0.39, 0.29) is 5.91 Å². The minimum absolute atomic E-state index is 0.0665. The zero-order valence-electron chi connectivity index (χ0n) is 16.1. The standard InChI is InChI=1S/C23H23N5O/c29-23(13-10-17-6-2-1-3-7-17)26-22-12-11-21(27-28-22)24-15-14-18-16-25-20-9-5-4-8-19(18)20/h1-9,11-12,16,25H,10,13-15H2,(H,24,27)(H,26,28,29). The average Bonchev–Trinajstić information content (AvgIpc) is 3.17. The van der Waals surface area contributed by atoms with Gasteiger partial charge in [0.15, 0.2) is 5.82 Å². The Bertz CT molecular complexity index is 1070. The Morgan fingerprint density at radius 3 is 2.45 bits per heavy atom. The van der Waals surface area contributed by atoms with Crippen molar-refractivity contribution in [1.82, 2.24) is 15.2 Å². The summed E-state index contributed by atoms with van der Waals surface area (Å²) in [6.07, 6.45) is 4.04. The number of benzene rings is 2. The maximum Gasteiger partial charge on any atom is 0.225 e. The van der Waals surface area contributed by atoms with Crippen molar-refractivity contribution in [3.63, 3.8) is 0 Å². The highest BCUT2D eigenvalue weighted by molar-refractivity contribution is 5.89. The lowest BCUT2D eigenvalue weighted by Gasteiger charge is -2.07. The smallest absolute Gasteiger partial charge is 0.225 e. The number of rotatable bonds is 8. The van der Waals surface area contributed by atoms with Crippen LogP contribution >= 0.6 is 0 Å². The molecule has 146 valence electrons. The van der Waals surface area contributed by atoms with E-state index in [4.69, 9.17) is 0 Å². The number of hydrogen-bond donors (Lipinski definition) is 3. The fourth-order valence-corrected chi connectivity index (χ4v) is 3.26. The highest BCUT2D eigenvalue weighted by Crippen LogP contribution is 2.18. The largest absolute Gasteiger partial charge is 0.368 e. The Balaban J connectivity index is 1.24. The van der Waals surface area contributed by atoms with Gasteiger partial charge in [0, 0.05) is 30.1 Å². The van der Waals surface area contributed by atoms with Crippen LogP contribution in [0.5, 0.6) is 0 Å². The van der Waals surface area contributed by atoms with E-state index < -0.39 is 0 Å². The molecule has 0 saturated heterocycles. The van der Waals surface area contributed by atoms with Crippen LogP contribution < -0.4 is 10.6 Å². The summed E-state index contributed by atoms with van der Waals surface area (Å²) in [7, 11) is 0. The molecule has 6 heteroatoms. The fraction of sp³-hybridized carbons (Fsp3) is 0.174. The molecule has 2 heterocycles. The number of aryl methyl sites for hydroxylation is 1. The molecule has 3 N–H and O–H groups in total. The van der Waals surface area contributed by atoms with Crippen LogP contribution in [-0.4, -0.2) is 27.6 Å². The minimum atomic E-state index is -0.0665. The number of para-hydroxylation sites is 1. The molecule has 0 unspecified atom stereocenters. The summed E-state index contributed by atoms with van der Waals surface area (Å²) in [6.45, 7) is 0.749. The molecule has 2 aromatic carbocycles. The number of hydrogen-bond acceptors (Lipinski definition) is 4. The Morgan fingerprint density at radius 1 is 0.862 bits per heavy atom. The average molecular weight is 385 g/mol. The third-order valence-electron chi connectivity index (χ3n) is 4.79. The van der Waals surface area contributed by atoms with E-state index in [9.17, 15) is 4.79 Å². The highest BCUT2D eigenvalue weighted by Gasteiger charge is 2.06. The molecule has 0 bridgehead atoms. The van der Waals surface area contributed by atoms with Crippen LogP contribution in [0.1, 0.15) is 17.5 Å². The predicted molar refractivity (Wildman–Crippen MR) is 116 cm³/mol. The van der Waals surface area contributed by atoms with Gasteiger partial charge in [0.25, 0.3) is 0 Å². The first-order valence-electron chi connectivity index (χ1n) is 9.74. The summed E-state index contributed by atoms with van der Waals surface area (Å²) in [5, 5.41) is 15.5. The minimum Gasteiger partial charge on any atom is -0.368 e. The van der Waals surface area contributed by atoms with Gasteiger partial charge in [0.1, 0.15) is 5.82 Å². The number of carbonyl (C=O) groups is 1. The maximum atomic E-state index is 12.1. The first-order valence-corrected chi connectivity index (χ1v) is 9.74. The van der Waals surface area contributed by atoms with Crippen molar-refractivity contribution >= 4 is 28.4 Å². The molecule has 2 aromatic heterocycles. The Morgan fingerprint density at radius 2 is 1.62 bits per heavy atom. The van der Waals surface area contributed by atoms with Gasteiger partial charge in [-0.25, -0.2) is 0 Å². The van der Waals surface area contributed by atoms with Crippen LogP contribution in [0.3, 0.4) is 0 Å². The third-order valence-corrected chi connectivity index (χ3v) is 4.79. The van der Waals surface area contributed by atoms with Gasteiger partial charge in [-0.2, -0.15) is 0 Å². The quantitative estimate of drug-likeness (QED) is 0.425. The molecule has 0 aliphatic rings. The van der Waals surface area contributed by atoms with Gasteiger partial charge in [-0.05, 0) is 42.2 Å². The Labute approximate surface area is 169 Å². The number of nitrogens with one attached hydrogen (secondary N) is 3. The summed E-state index contributed by atoms with van der Waals surface area (Å²) in [5.41, 5.74) is 3.56. The van der Waals surface area contributed by atoms with Gasteiger partial charge < -0.3 is 15.6 Å². The van der Waals surface area contributed by atoms with Crippen LogP contribution in [-0.2, 0) is 17.6 Å². The van der Waals surface area contributed by atoms with Crippen molar-refractivity contribution in [2.45, 2.75) is 19.3 Å². The number of anilines is 2. The normalized spacial score (nSPS) is 10.8. The van der Waals surface area contributed by atoms with Crippen LogP contribution in [0.4, 0.5) is 11.6 Å². The van der Waals surface area contributed by atoms with Gasteiger partial charge >= 0.3 is 0 Å². The van der Waals surface area contributed by atoms with E-state index in [1.54, 1.807) is 6.07 Å². The molecular formula is C23H23N5O. The molecular weight excluding hydrogens is 362 g/mol. The lowest BCUT2D eigenvalue weighted by atomic mass is 10.1. The lowest BCUT2D eigenvalue weighted by Crippen LogP contribution is -2.14. The molecule has 0 spiro atoms. The SMILES string of the molecule is O=C(CCc1ccccc1)Nc1ccc(NCCc2c[nH]c3ccccc23)nn1. The number of fused-ring (bicyclic) bond motifs is 1. The summed E-state index contributed by atoms with van der Waals surface area (Å²) in [5.74, 6) is 1.08. The molecule has 0 saturated carbocycles. The van der Waals surface area contributed by atoms with E-state index >= 15 is 0 Å². The Hall–Kier alpha value is -3.67. The number of aromatic amines is 1. The molecule has 6 nitrogen and oxygen atoms in total. The van der Waals surface area contributed by atoms with Crippen LogP contribution in [0, 0.1) is 0 Å². The monoisotopic (exact) mass is 385 g/mol. The summed E-state index contributed by atoms with van der Waals surface area (Å²) in [4.78, 5) is 15.4. The second-order valence-electron chi connectivity index (χ2n) is 6.87. The van der Waals surface area contributed by atoms with E-state index in [0.29, 0.717) is 24.5 Å². The molecule has 0 fully saturated rings. The zero-order chi connectivity index (χ0) is 19.9. The second kappa shape index (κ2) is 9.01. The number of H-pyrrole nitrogens is 1. The highest BCUT2D eigenvalue weighted by atomic mass is 16.1. The van der Waals surface area contributed by atoms with Gasteiger partial charge in [-0.1, -0.05) is 48.5 Å². The van der Waals surface area contributed by atoms with Gasteiger partial charge in [0.2, 0.25) is 5.91 Å². The number of amides is 1. The van der Waals surface area contributed by atoms with Crippen molar-refractivity contribution in [3.8, 4) is 0 Å². The van der Waals surface area contributed by atoms with E-state index in [2.05, 4.69) is 37.9 Å². The number of nitrogens with zero attached hydrogens (tertiary/aromatic N) is 2. The molecule has 4 aromatic rings. The number of carbonyl (C=O) groups excluding carboxylic acids is 1. The number of aromatic nitrogens is 3. The zero-order valence-corrected chi connectivity index (χ0v) is 16.1. The van der Waals surface area contributed by atoms with Crippen LogP contribution in [0.25, 0.3) is 10.9 Å². The summed E-state index contributed by atoms with van der Waals surface area (Å²) >= 11 is 0. The van der Waals surface area contributed by atoms with Crippen molar-refractivity contribution in [1.29, 1.82) is 0 Å². The van der Waals surface area contributed by atoms with Crippen molar-refractivity contribution < 1.29 is 4.79 Å². The first kappa shape index (κ1) is 18.7. The van der Waals surface area contributed by atoms with Crippen molar-refractivity contribution in [2.75, 3.05) is 17.2 Å². The van der Waals surface area contributed by atoms with Gasteiger partial charge in [-0.3, -0.25) is 4.79 Å². The van der Waals surface area contributed by atoms with Gasteiger partial charge in [0.05, 0.1) is 0 Å². The predicted octanol–water partition coefficient (Wildman–Crippen LogP) is 4.18. The molecule has 4 rings (SSSR count). The summed E-state index contributed by atoms with van der Waals surface area (Å²) < 4.78 is 0. The maximum absolute atomic E-state index is 12.1. The Kier molecular flexibility index (Phi) is 5.81. The molecule has 29 heavy (non-hydrogen) atoms. The van der Waals surface area contributed by atoms with E-state index in [1.807, 2.05) is 54.7 Å². The lowest BCUT2D eigenvalue weighted by molar-refractivity contribution is -0.116. The topological polar surface area (TPSA) is 82.7 Å². The summed E-state index contributed by atoms with van der Waals surface area (Å²) in [6, 6.07) is 21.8. The molecule has 0 atom stereocenters. The van der Waals surface area contributed by atoms with E-state index in [0.717, 1.165) is 24.0 Å². The first-order chi connectivity index (χ1) is 14.3. The molecule has 0 aliphatic heterocycles. The van der Waals surface area contributed by atoms with Crippen molar-refractivity contribution in [3.05, 3.63) is 84.1 Å².